The standard InChI is InChI=1S/C18H16N6O3/c25-13(11-4-2-1-3-5-11)9-20-14-7-6-12(8-19-14)24-17(26)15-16(22-10-21-15)23-18(24)27/h1-8,10,13,25H,9H2,(H,19,20)(H,21,22)(H,23,27). The molecule has 0 spiro atoms. The molecule has 1 unspecified atom stereocenters. The lowest BCUT2D eigenvalue weighted by molar-refractivity contribution is 0.191. The van der Waals surface area contributed by atoms with E-state index in [9.17, 15) is 14.7 Å². The van der Waals surface area contributed by atoms with E-state index in [1.54, 1.807) is 12.1 Å². The number of H-pyrrole nitrogens is 2. The van der Waals surface area contributed by atoms with Crippen molar-refractivity contribution in [2.75, 3.05) is 11.9 Å². The Morgan fingerprint density at radius 3 is 2.67 bits per heavy atom. The van der Waals surface area contributed by atoms with Crippen molar-refractivity contribution in [3.05, 3.63) is 81.4 Å². The van der Waals surface area contributed by atoms with E-state index >= 15 is 0 Å². The van der Waals surface area contributed by atoms with Crippen molar-refractivity contribution in [1.82, 2.24) is 24.5 Å². The molecular weight excluding hydrogens is 348 g/mol. The van der Waals surface area contributed by atoms with Crippen LogP contribution in [0.15, 0.2) is 64.6 Å². The van der Waals surface area contributed by atoms with Crippen LogP contribution in [0.2, 0.25) is 0 Å². The minimum absolute atomic E-state index is 0.211. The third-order valence-electron chi connectivity index (χ3n) is 4.15. The second-order valence-electron chi connectivity index (χ2n) is 5.91. The first-order valence-electron chi connectivity index (χ1n) is 8.25. The molecule has 136 valence electrons. The quantitative estimate of drug-likeness (QED) is 0.417. The predicted octanol–water partition coefficient (Wildman–Crippen LogP) is 0.943. The second-order valence-corrected chi connectivity index (χ2v) is 5.91. The van der Waals surface area contributed by atoms with Gasteiger partial charge in [0.1, 0.15) is 11.3 Å². The van der Waals surface area contributed by atoms with Gasteiger partial charge in [-0.1, -0.05) is 30.3 Å². The van der Waals surface area contributed by atoms with Gasteiger partial charge in [0.05, 0.1) is 24.3 Å². The van der Waals surface area contributed by atoms with Crippen molar-refractivity contribution in [3.63, 3.8) is 0 Å². The normalized spacial score (nSPS) is 12.2. The molecule has 3 heterocycles. The summed E-state index contributed by atoms with van der Waals surface area (Å²) in [5.41, 5.74) is 0.444. The van der Waals surface area contributed by atoms with E-state index < -0.39 is 17.4 Å². The summed E-state index contributed by atoms with van der Waals surface area (Å²) >= 11 is 0. The maximum atomic E-state index is 12.5. The molecule has 4 N–H and O–H groups in total. The van der Waals surface area contributed by atoms with Gasteiger partial charge >= 0.3 is 5.69 Å². The minimum Gasteiger partial charge on any atom is -0.387 e. The Bertz CT molecular complexity index is 1180. The number of rotatable bonds is 5. The van der Waals surface area contributed by atoms with E-state index in [-0.39, 0.29) is 17.7 Å². The number of aliphatic hydroxyl groups excluding tert-OH is 1. The van der Waals surface area contributed by atoms with Crippen LogP contribution in [0.25, 0.3) is 16.9 Å². The van der Waals surface area contributed by atoms with E-state index in [1.807, 2.05) is 30.3 Å². The molecule has 9 nitrogen and oxygen atoms in total. The van der Waals surface area contributed by atoms with Gasteiger partial charge in [0.2, 0.25) is 0 Å². The van der Waals surface area contributed by atoms with Gasteiger partial charge in [-0.3, -0.25) is 9.78 Å². The Morgan fingerprint density at radius 1 is 1.11 bits per heavy atom. The molecule has 4 aromatic rings. The van der Waals surface area contributed by atoms with Crippen LogP contribution in [0, 0.1) is 0 Å². The zero-order valence-electron chi connectivity index (χ0n) is 14.1. The van der Waals surface area contributed by atoms with Gasteiger partial charge in [0.25, 0.3) is 5.56 Å². The summed E-state index contributed by atoms with van der Waals surface area (Å²) in [6.07, 6.45) is 2.08. The number of hydrogen-bond donors (Lipinski definition) is 4. The highest BCUT2D eigenvalue weighted by Gasteiger charge is 2.12. The summed E-state index contributed by atoms with van der Waals surface area (Å²) in [4.78, 5) is 38.0. The van der Waals surface area contributed by atoms with Crippen molar-refractivity contribution in [2.45, 2.75) is 6.10 Å². The van der Waals surface area contributed by atoms with Crippen LogP contribution >= 0.6 is 0 Å². The lowest BCUT2D eigenvalue weighted by Crippen LogP contribution is -2.33. The molecule has 0 radical (unpaired) electrons. The summed E-state index contributed by atoms with van der Waals surface area (Å²) < 4.78 is 0.982. The Kier molecular flexibility index (Phi) is 4.27. The van der Waals surface area contributed by atoms with Crippen molar-refractivity contribution in [3.8, 4) is 5.69 Å². The largest absolute Gasteiger partial charge is 0.387 e. The van der Waals surface area contributed by atoms with Gasteiger partial charge in [-0.15, -0.1) is 0 Å². The molecule has 0 saturated heterocycles. The smallest absolute Gasteiger partial charge is 0.334 e. The Balaban J connectivity index is 1.55. The first-order valence-corrected chi connectivity index (χ1v) is 8.25. The number of pyridine rings is 1. The molecule has 1 atom stereocenters. The van der Waals surface area contributed by atoms with Crippen LogP contribution in [0.3, 0.4) is 0 Å². The molecule has 9 heteroatoms. The molecule has 1 aromatic carbocycles. The minimum atomic E-state index is -0.680. The molecule has 0 bridgehead atoms. The van der Waals surface area contributed by atoms with Crippen LogP contribution in [0.1, 0.15) is 11.7 Å². The average Bonchev–Trinajstić information content (AvgIpc) is 3.16. The molecule has 0 saturated carbocycles. The van der Waals surface area contributed by atoms with Crippen LogP contribution < -0.4 is 16.6 Å². The first-order chi connectivity index (χ1) is 13.1. The maximum absolute atomic E-state index is 12.5. The van der Waals surface area contributed by atoms with E-state index in [0.717, 1.165) is 10.1 Å². The van der Waals surface area contributed by atoms with Crippen LogP contribution in [0.5, 0.6) is 0 Å². The van der Waals surface area contributed by atoms with Gasteiger partial charge in [-0.25, -0.2) is 19.3 Å². The lowest BCUT2D eigenvalue weighted by Gasteiger charge is -2.13. The lowest BCUT2D eigenvalue weighted by atomic mass is 10.1. The summed E-state index contributed by atoms with van der Waals surface area (Å²) in [6.45, 7) is 0.275. The molecule has 3 aromatic heterocycles. The number of aromatic nitrogens is 5. The van der Waals surface area contributed by atoms with Gasteiger partial charge in [0.15, 0.2) is 5.65 Å². The van der Waals surface area contributed by atoms with Crippen molar-refractivity contribution >= 4 is 17.0 Å². The third kappa shape index (κ3) is 3.23. The van der Waals surface area contributed by atoms with Crippen LogP contribution in [-0.2, 0) is 0 Å². The summed E-state index contributed by atoms with van der Waals surface area (Å²) in [5.74, 6) is 0.515. The van der Waals surface area contributed by atoms with E-state index in [1.165, 1.54) is 12.5 Å². The number of aliphatic hydroxyl groups is 1. The van der Waals surface area contributed by atoms with Gasteiger partial charge in [0, 0.05) is 6.54 Å². The Morgan fingerprint density at radius 2 is 1.93 bits per heavy atom. The second kappa shape index (κ2) is 6.89. The topological polar surface area (TPSA) is 129 Å². The fraction of sp³-hybridized carbons (Fsp3) is 0.111. The number of hydrogen-bond acceptors (Lipinski definition) is 6. The number of imidazole rings is 1. The van der Waals surface area contributed by atoms with E-state index in [4.69, 9.17) is 0 Å². The van der Waals surface area contributed by atoms with Crippen LogP contribution in [0.4, 0.5) is 5.82 Å². The van der Waals surface area contributed by atoms with Gasteiger partial charge in [-0.05, 0) is 17.7 Å². The molecule has 0 aliphatic heterocycles. The van der Waals surface area contributed by atoms with Gasteiger partial charge in [-0.2, -0.15) is 0 Å². The highest BCUT2D eigenvalue weighted by molar-refractivity contribution is 5.68. The number of benzene rings is 1. The average molecular weight is 364 g/mol. The number of nitrogens with zero attached hydrogens (tertiary/aromatic N) is 3. The molecule has 27 heavy (non-hydrogen) atoms. The number of aromatic amines is 2. The third-order valence-corrected chi connectivity index (χ3v) is 4.15. The van der Waals surface area contributed by atoms with Gasteiger partial charge < -0.3 is 15.4 Å². The first kappa shape index (κ1) is 16.7. The van der Waals surface area contributed by atoms with Crippen molar-refractivity contribution in [1.29, 1.82) is 0 Å². The maximum Gasteiger partial charge on any atom is 0.334 e. The predicted molar refractivity (Wildman–Crippen MR) is 100.0 cm³/mol. The van der Waals surface area contributed by atoms with Crippen LogP contribution in [-0.4, -0.2) is 36.2 Å². The molecule has 0 amide bonds. The van der Waals surface area contributed by atoms with Crippen molar-refractivity contribution in [2.24, 2.45) is 0 Å². The molecule has 0 aliphatic carbocycles. The van der Waals surface area contributed by atoms with E-state index in [2.05, 4.69) is 25.3 Å². The number of anilines is 1. The molecule has 0 aliphatic rings. The van der Waals surface area contributed by atoms with E-state index in [0.29, 0.717) is 11.5 Å². The number of nitrogens with one attached hydrogen (secondary N) is 3. The fourth-order valence-electron chi connectivity index (χ4n) is 2.76. The molecule has 4 rings (SSSR count). The SMILES string of the molecule is O=c1[nH]c2nc[nH]c2c(=O)n1-c1ccc(NCC(O)c2ccccc2)nc1. The Hall–Kier alpha value is -3.72. The highest BCUT2D eigenvalue weighted by Crippen LogP contribution is 2.14. The molecular formula is C18H16N6O3. The Labute approximate surface area is 152 Å². The highest BCUT2D eigenvalue weighted by atomic mass is 16.3. The van der Waals surface area contributed by atoms with Crippen molar-refractivity contribution < 1.29 is 5.11 Å². The summed E-state index contributed by atoms with van der Waals surface area (Å²) in [6, 6.07) is 12.5. The zero-order valence-corrected chi connectivity index (χ0v) is 14.1. The molecule has 0 fully saturated rings. The monoisotopic (exact) mass is 364 g/mol. The zero-order chi connectivity index (χ0) is 18.8. The number of fused-ring (bicyclic) bond motifs is 1. The summed E-state index contributed by atoms with van der Waals surface area (Å²) in [7, 11) is 0. The fourth-order valence-corrected chi connectivity index (χ4v) is 2.76. The summed E-state index contributed by atoms with van der Waals surface area (Å²) in [5, 5.41) is 13.2.